The van der Waals surface area contributed by atoms with E-state index in [1.165, 1.54) is 62.0 Å². The molecule has 0 unspecified atom stereocenters. The van der Waals surface area contributed by atoms with Crippen LogP contribution in [0.3, 0.4) is 0 Å². The maximum absolute atomic E-state index is 6.30. The SMILES string of the molecule is [B]P(CCCCc1ccccc1)CCCCc1ccccc1. The van der Waals surface area contributed by atoms with E-state index in [9.17, 15) is 0 Å². The molecule has 0 nitrogen and oxygen atoms in total. The third-order valence-electron chi connectivity index (χ3n) is 4.01. The standard InChI is InChI=1S/C20H26BP/c21-22(17-9-7-15-19-11-3-1-4-12-19)18-10-8-16-20-13-5-2-6-14-20/h1-6,11-14H,7-10,15-18H2. The molecule has 2 rings (SSSR count). The van der Waals surface area contributed by atoms with Crippen molar-refractivity contribution in [2.24, 2.45) is 0 Å². The number of aryl methyl sites for hydroxylation is 2. The van der Waals surface area contributed by atoms with Crippen LogP contribution in [0.25, 0.3) is 0 Å². The van der Waals surface area contributed by atoms with Crippen LogP contribution in [0.5, 0.6) is 0 Å². The summed E-state index contributed by atoms with van der Waals surface area (Å²) in [5.41, 5.74) is 2.90. The first-order valence-electron chi connectivity index (χ1n) is 8.42. The Morgan fingerprint density at radius 3 is 1.41 bits per heavy atom. The highest BCUT2D eigenvalue weighted by atomic mass is 31.1. The molecule has 0 heterocycles. The molecule has 2 heteroatoms. The first-order chi connectivity index (χ1) is 10.8. The van der Waals surface area contributed by atoms with Gasteiger partial charge in [0.25, 0.3) is 0 Å². The van der Waals surface area contributed by atoms with Crippen molar-refractivity contribution in [3.05, 3.63) is 71.8 Å². The smallest absolute Gasteiger partial charge is 0.109 e. The number of hydrogen-bond acceptors (Lipinski definition) is 0. The van der Waals surface area contributed by atoms with Gasteiger partial charge in [0.1, 0.15) is 7.57 Å². The van der Waals surface area contributed by atoms with Crippen molar-refractivity contribution in [1.29, 1.82) is 0 Å². The minimum absolute atomic E-state index is 0.242. The summed E-state index contributed by atoms with van der Waals surface area (Å²) in [6, 6.07) is 21.5. The zero-order valence-corrected chi connectivity index (χ0v) is 14.3. The van der Waals surface area contributed by atoms with Gasteiger partial charge in [-0.05, 0) is 62.0 Å². The van der Waals surface area contributed by atoms with Crippen molar-refractivity contribution in [3.8, 4) is 0 Å². The summed E-state index contributed by atoms with van der Waals surface area (Å²) in [5, 5.41) is 0. The van der Waals surface area contributed by atoms with Crippen molar-refractivity contribution in [3.63, 3.8) is 0 Å². The van der Waals surface area contributed by atoms with Crippen LogP contribution < -0.4 is 0 Å². The lowest BCUT2D eigenvalue weighted by Crippen LogP contribution is -1.94. The fourth-order valence-electron chi connectivity index (χ4n) is 2.69. The third kappa shape index (κ3) is 7.27. The van der Waals surface area contributed by atoms with Gasteiger partial charge in [0.05, 0.1) is 0 Å². The number of rotatable bonds is 10. The van der Waals surface area contributed by atoms with E-state index in [0.717, 1.165) is 0 Å². The Hall–Kier alpha value is -1.07. The summed E-state index contributed by atoms with van der Waals surface area (Å²) in [5.74, 6) is 0. The van der Waals surface area contributed by atoms with Gasteiger partial charge in [0, 0.05) is 0 Å². The van der Waals surface area contributed by atoms with Crippen LogP contribution in [-0.4, -0.2) is 19.9 Å². The summed E-state index contributed by atoms with van der Waals surface area (Å²) in [7, 11) is 6.06. The van der Waals surface area contributed by atoms with Crippen molar-refractivity contribution < 1.29 is 0 Å². The highest BCUT2D eigenvalue weighted by molar-refractivity contribution is 7.82. The lowest BCUT2D eigenvalue weighted by atomic mass is 10.1. The van der Waals surface area contributed by atoms with Crippen molar-refractivity contribution in [2.75, 3.05) is 12.3 Å². The van der Waals surface area contributed by atoms with E-state index < -0.39 is 0 Å². The van der Waals surface area contributed by atoms with Gasteiger partial charge in [-0.25, -0.2) is 0 Å². The quantitative estimate of drug-likeness (QED) is 0.304. The second-order valence-electron chi connectivity index (χ2n) is 5.92. The topological polar surface area (TPSA) is 0 Å². The summed E-state index contributed by atoms with van der Waals surface area (Å²) in [6.45, 7) is 0. The van der Waals surface area contributed by atoms with Gasteiger partial charge in [0.2, 0.25) is 0 Å². The number of benzene rings is 2. The third-order valence-corrected chi connectivity index (χ3v) is 5.79. The zero-order chi connectivity index (χ0) is 15.5. The Balaban J connectivity index is 1.48. The summed E-state index contributed by atoms with van der Waals surface area (Å²) < 4.78 is 0. The second kappa shape index (κ2) is 10.6. The van der Waals surface area contributed by atoms with Crippen LogP contribution in [-0.2, 0) is 12.8 Å². The van der Waals surface area contributed by atoms with Gasteiger partial charge < -0.3 is 0 Å². The molecule has 0 saturated heterocycles. The van der Waals surface area contributed by atoms with Crippen molar-refractivity contribution >= 4 is 15.4 Å². The van der Waals surface area contributed by atoms with E-state index in [1.54, 1.807) is 0 Å². The lowest BCUT2D eigenvalue weighted by Gasteiger charge is -2.12. The Bertz CT molecular complexity index is 450. The molecule has 0 amide bonds. The van der Waals surface area contributed by atoms with Gasteiger partial charge >= 0.3 is 0 Å². The first kappa shape index (κ1) is 17.3. The van der Waals surface area contributed by atoms with E-state index in [0.29, 0.717) is 0 Å². The summed E-state index contributed by atoms with van der Waals surface area (Å²) >= 11 is 0. The average molecular weight is 308 g/mol. The first-order valence-corrected chi connectivity index (χ1v) is 10.2. The zero-order valence-electron chi connectivity index (χ0n) is 13.5. The predicted octanol–water partition coefficient (Wildman–Crippen LogP) is 5.60. The molecule has 2 aromatic rings. The molecular formula is C20H26BP. The molecule has 114 valence electrons. The molecule has 0 fully saturated rings. The fourth-order valence-corrected chi connectivity index (χ4v) is 4.17. The predicted molar refractivity (Wildman–Crippen MR) is 101 cm³/mol. The van der Waals surface area contributed by atoms with Crippen molar-refractivity contribution in [1.82, 2.24) is 0 Å². The molecule has 0 aliphatic carbocycles. The van der Waals surface area contributed by atoms with Gasteiger partial charge in [-0.15, -0.1) is 0 Å². The van der Waals surface area contributed by atoms with Crippen LogP contribution in [0, 0.1) is 0 Å². The monoisotopic (exact) mass is 308 g/mol. The maximum atomic E-state index is 6.30. The molecule has 2 aromatic carbocycles. The van der Waals surface area contributed by atoms with Crippen LogP contribution in [0.4, 0.5) is 0 Å². The Kier molecular flexibility index (Phi) is 8.35. The highest BCUT2D eigenvalue weighted by Crippen LogP contribution is 2.32. The van der Waals surface area contributed by atoms with Crippen LogP contribution in [0.15, 0.2) is 60.7 Å². The van der Waals surface area contributed by atoms with Crippen LogP contribution >= 0.6 is 7.80 Å². The molecule has 0 spiro atoms. The van der Waals surface area contributed by atoms with Crippen LogP contribution in [0.2, 0.25) is 0 Å². The molecule has 0 aliphatic rings. The molecule has 0 aromatic heterocycles. The molecule has 2 radical (unpaired) electrons. The fraction of sp³-hybridized carbons (Fsp3) is 0.400. The van der Waals surface area contributed by atoms with Gasteiger partial charge in [0.15, 0.2) is 0 Å². The molecule has 0 saturated carbocycles. The largest absolute Gasteiger partial charge is 0.157 e. The Labute approximate surface area is 138 Å². The second-order valence-corrected chi connectivity index (χ2v) is 7.99. The van der Waals surface area contributed by atoms with E-state index in [4.69, 9.17) is 7.57 Å². The van der Waals surface area contributed by atoms with E-state index in [-0.39, 0.29) is 7.80 Å². The number of hydrogen-bond donors (Lipinski definition) is 0. The lowest BCUT2D eigenvalue weighted by molar-refractivity contribution is 0.787. The molecule has 0 bridgehead atoms. The molecule has 0 N–H and O–H groups in total. The van der Waals surface area contributed by atoms with E-state index >= 15 is 0 Å². The highest BCUT2D eigenvalue weighted by Gasteiger charge is 2.01. The molecule has 0 atom stereocenters. The van der Waals surface area contributed by atoms with Gasteiger partial charge in [-0.1, -0.05) is 60.7 Å². The van der Waals surface area contributed by atoms with Gasteiger partial charge in [-0.3, -0.25) is 0 Å². The summed E-state index contributed by atoms with van der Waals surface area (Å²) in [4.78, 5) is 0. The Morgan fingerprint density at radius 2 is 1.00 bits per heavy atom. The maximum Gasteiger partial charge on any atom is 0.109 e. The Morgan fingerprint density at radius 1 is 0.591 bits per heavy atom. The minimum Gasteiger partial charge on any atom is -0.157 e. The van der Waals surface area contributed by atoms with E-state index in [2.05, 4.69) is 60.7 Å². The number of unbranched alkanes of at least 4 members (excludes halogenated alkanes) is 2. The molecule has 0 aliphatic heterocycles. The minimum atomic E-state index is -0.242. The van der Waals surface area contributed by atoms with E-state index in [1.807, 2.05) is 0 Å². The van der Waals surface area contributed by atoms with Crippen molar-refractivity contribution in [2.45, 2.75) is 38.5 Å². The summed E-state index contributed by atoms with van der Waals surface area (Å²) in [6.07, 6.45) is 9.93. The normalized spacial score (nSPS) is 11.0. The van der Waals surface area contributed by atoms with Gasteiger partial charge in [-0.2, -0.15) is 7.80 Å². The molecular weight excluding hydrogens is 282 g/mol. The van der Waals surface area contributed by atoms with Crippen LogP contribution in [0.1, 0.15) is 36.8 Å². The molecule has 22 heavy (non-hydrogen) atoms. The average Bonchev–Trinajstić information content (AvgIpc) is 2.57.